The Bertz CT molecular complexity index is 573. The quantitative estimate of drug-likeness (QED) is 0.789. The van der Waals surface area contributed by atoms with Gasteiger partial charge in [0.2, 0.25) is 0 Å². The average Bonchev–Trinajstić information content (AvgIpc) is 2.36. The van der Waals surface area contributed by atoms with E-state index in [9.17, 15) is 8.42 Å². The third-order valence-corrected chi connectivity index (χ3v) is 3.84. The molecule has 1 N–H and O–H groups in total. The summed E-state index contributed by atoms with van der Waals surface area (Å²) >= 11 is 6.06. The summed E-state index contributed by atoms with van der Waals surface area (Å²) in [4.78, 5) is 0. The standard InChI is InChI=1S/C14H22ClNO4S/c1-10(2)16-9-11-7-12(15)8-13(19-3)14(11)20-5-6-21(4,17)18/h7-8,10,16H,5-6,9H2,1-4H3. The van der Waals surface area contributed by atoms with Crippen LogP contribution in [-0.4, -0.2) is 40.2 Å². The first kappa shape index (κ1) is 18.1. The Morgan fingerprint density at radius 2 is 2.00 bits per heavy atom. The van der Waals surface area contributed by atoms with Crippen LogP contribution in [0.15, 0.2) is 12.1 Å². The molecule has 0 amide bonds. The molecule has 0 radical (unpaired) electrons. The van der Waals surface area contributed by atoms with Gasteiger partial charge in [0.1, 0.15) is 6.61 Å². The van der Waals surface area contributed by atoms with E-state index in [2.05, 4.69) is 5.32 Å². The molecule has 0 saturated heterocycles. The van der Waals surface area contributed by atoms with Crippen LogP contribution in [-0.2, 0) is 16.4 Å². The molecule has 0 heterocycles. The molecular weight excluding hydrogens is 314 g/mol. The molecule has 5 nitrogen and oxygen atoms in total. The number of methoxy groups -OCH3 is 1. The molecule has 1 rings (SSSR count). The lowest BCUT2D eigenvalue weighted by atomic mass is 10.1. The highest BCUT2D eigenvalue weighted by Crippen LogP contribution is 2.34. The van der Waals surface area contributed by atoms with E-state index >= 15 is 0 Å². The Labute approximate surface area is 131 Å². The Kier molecular flexibility index (Phi) is 6.77. The zero-order valence-corrected chi connectivity index (χ0v) is 14.3. The molecule has 0 aliphatic heterocycles. The van der Waals surface area contributed by atoms with Crippen LogP contribution in [0.4, 0.5) is 0 Å². The fraction of sp³-hybridized carbons (Fsp3) is 0.571. The molecule has 1 aromatic rings. The van der Waals surface area contributed by atoms with Crippen LogP contribution in [0.3, 0.4) is 0 Å². The number of benzene rings is 1. The van der Waals surface area contributed by atoms with E-state index in [1.165, 1.54) is 13.4 Å². The van der Waals surface area contributed by atoms with Crippen molar-refractivity contribution in [2.45, 2.75) is 26.4 Å². The van der Waals surface area contributed by atoms with Gasteiger partial charge in [-0.25, -0.2) is 8.42 Å². The lowest BCUT2D eigenvalue weighted by Gasteiger charge is -2.17. The molecule has 0 spiro atoms. The van der Waals surface area contributed by atoms with Crippen LogP contribution in [0.25, 0.3) is 0 Å². The SMILES string of the molecule is COc1cc(Cl)cc(CNC(C)C)c1OCCS(C)(=O)=O. The number of hydrogen-bond donors (Lipinski definition) is 1. The summed E-state index contributed by atoms with van der Waals surface area (Å²) in [5, 5.41) is 3.82. The molecule has 0 aliphatic rings. The first-order chi connectivity index (χ1) is 9.73. The Morgan fingerprint density at radius 3 is 2.52 bits per heavy atom. The van der Waals surface area contributed by atoms with Gasteiger partial charge in [-0.05, 0) is 6.07 Å². The van der Waals surface area contributed by atoms with E-state index in [0.29, 0.717) is 29.1 Å². The molecule has 1 aromatic carbocycles. The summed E-state index contributed by atoms with van der Waals surface area (Å²) in [5.41, 5.74) is 0.835. The second-order valence-corrected chi connectivity index (χ2v) is 7.81. The lowest BCUT2D eigenvalue weighted by molar-refractivity contribution is 0.307. The lowest BCUT2D eigenvalue weighted by Crippen LogP contribution is -2.22. The van der Waals surface area contributed by atoms with Crippen LogP contribution in [0, 0.1) is 0 Å². The van der Waals surface area contributed by atoms with Crippen molar-refractivity contribution in [3.8, 4) is 11.5 Å². The summed E-state index contributed by atoms with van der Waals surface area (Å²) in [6, 6.07) is 3.74. The van der Waals surface area contributed by atoms with Crippen molar-refractivity contribution in [3.05, 3.63) is 22.7 Å². The van der Waals surface area contributed by atoms with Crippen molar-refractivity contribution in [3.63, 3.8) is 0 Å². The summed E-state index contributed by atoms with van der Waals surface area (Å²) in [5.74, 6) is 0.978. The van der Waals surface area contributed by atoms with Gasteiger partial charge in [0.15, 0.2) is 21.3 Å². The smallest absolute Gasteiger partial charge is 0.165 e. The number of nitrogens with one attached hydrogen (secondary N) is 1. The molecule has 7 heteroatoms. The van der Waals surface area contributed by atoms with Gasteiger partial charge in [0.25, 0.3) is 0 Å². The molecule has 0 aromatic heterocycles. The van der Waals surface area contributed by atoms with Gasteiger partial charge < -0.3 is 14.8 Å². The molecule has 0 fully saturated rings. The zero-order valence-electron chi connectivity index (χ0n) is 12.8. The van der Waals surface area contributed by atoms with Crippen molar-refractivity contribution in [2.24, 2.45) is 0 Å². The van der Waals surface area contributed by atoms with Crippen LogP contribution in [0.2, 0.25) is 5.02 Å². The Morgan fingerprint density at radius 1 is 1.33 bits per heavy atom. The third-order valence-electron chi connectivity index (χ3n) is 2.72. The van der Waals surface area contributed by atoms with Gasteiger partial charge in [-0.15, -0.1) is 0 Å². The first-order valence-corrected chi connectivity index (χ1v) is 9.07. The number of ether oxygens (including phenoxy) is 2. The van der Waals surface area contributed by atoms with Gasteiger partial charge in [0.05, 0.1) is 12.9 Å². The minimum absolute atomic E-state index is 0.0458. The molecule has 0 atom stereocenters. The second kappa shape index (κ2) is 7.87. The molecule has 21 heavy (non-hydrogen) atoms. The van der Waals surface area contributed by atoms with Crippen molar-refractivity contribution >= 4 is 21.4 Å². The summed E-state index contributed by atoms with van der Waals surface area (Å²) in [6.45, 7) is 4.70. The fourth-order valence-electron chi connectivity index (χ4n) is 1.68. The van der Waals surface area contributed by atoms with Crippen LogP contribution >= 0.6 is 11.6 Å². The highest BCUT2D eigenvalue weighted by Gasteiger charge is 2.14. The largest absolute Gasteiger partial charge is 0.493 e. The second-order valence-electron chi connectivity index (χ2n) is 5.11. The number of halogens is 1. The minimum atomic E-state index is -3.07. The van der Waals surface area contributed by atoms with E-state index in [-0.39, 0.29) is 12.4 Å². The van der Waals surface area contributed by atoms with E-state index in [0.717, 1.165) is 5.56 Å². The molecule has 0 aliphatic carbocycles. The Hall–Kier alpha value is -0.980. The zero-order chi connectivity index (χ0) is 16.0. The molecule has 0 bridgehead atoms. The van der Waals surface area contributed by atoms with E-state index in [4.69, 9.17) is 21.1 Å². The summed E-state index contributed by atoms with van der Waals surface area (Å²) in [6.07, 6.45) is 1.18. The van der Waals surface area contributed by atoms with Gasteiger partial charge >= 0.3 is 0 Å². The van der Waals surface area contributed by atoms with Gasteiger partial charge in [-0.1, -0.05) is 25.4 Å². The molecule has 0 unspecified atom stereocenters. The number of rotatable bonds is 8. The normalized spacial score (nSPS) is 11.7. The maximum absolute atomic E-state index is 11.2. The van der Waals surface area contributed by atoms with Gasteiger partial charge in [-0.3, -0.25) is 0 Å². The van der Waals surface area contributed by atoms with E-state index < -0.39 is 9.84 Å². The summed E-state index contributed by atoms with van der Waals surface area (Å²) in [7, 11) is -1.55. The van der Waals surface area contributed by atoms with Crippen molar-refractivity contribution in [2.75, 3.05) is 25.7 Å². The predicted octanol–water partition coefficient (Wildman–Crippen LogP) is 2.27. The van der Waals surface area contributed by atoms with Crippen LogP contribution < -0.4 is 14.8 Å². The molecule has 0 saturated carbocycles. The molecule has 120 valence electrons. The van der Waals surface area contributed by atoms with Crippen LogP contribution in [0.1, 0.15) is 19.4 Å². The maximum Gasteiger partial charge on any atom is 0.165 e. The van der Waals surface area contributed by atoms with E-state index in [1.807, 2.05) is 13.8 Å². The van der Waals surface area contributed by atoms with Gasteiger partial charge in [0, 0.05) is 35.5 Å². The summed E-state index contributed by atoms with van der Waals surface area (Å²) < 4.78 is 33.3. The number of hydrogen-bond acceptors (Lipinski definition) is 5. The highest BCUT2D eigenvalue weighted by molar-refractivity contribution is 7.90. The average molecular weight is 336 g/mol. The van der Waals surface area contributed by atoms with Crippen molar-refractivity contribution in [1.82, 2.24) is 5.32 Å². The fourth-order valence-corrected chi connectivity index (χ4v) is 2.30. The minimum Gasteiger partial charge on any atom is -0.493 e. The Balaban J connectivity index is 2.96. The topological polar surface area (TPSA) is 64.6 Å². The maximum atomic E-state index is 11.2. The monoisotopic (exact) mass is 335 g/mol. The highest BCUT2D eigenvalue weighted by atomic mass is 35.5. The van der Waals surface area contributed by atoms with E-state index in [1.54, 1.807) is 12.1 Å². The predicted molar refractivity (Wildman–Crippen MR) is 85.2 cm³/mol. The molecular formula is C14H22ClNO4S. The van der Waals surface area contributed by atoms with Crippen molar-refractivity contribution in [1.29, 1.82) is 0 Å². The third kappa shape index (κ3) is 6.54. The van der Waals surface area contributed by atoms with Crippen LogP contribution in [0.5, 0.6) is 11.5 Å². The number of sulfone groups is 1. The van der Waals surface area contributed by atoms with Gasteiger partial charge in [-0.2, -0.15) is 0 Å². The van der Waals surface area contributed by atoms with Crippen molar-refractivity contribution < 1.29 is 17.9 Å². The first-order valence-electron chi connectivity index (χ1n) is 6.63.